The molecule has 0 aliphatic rings. The van der Waals surface area contributed by atoms with Gasteiger partial charge in [-0.1, -0.05) is 18.2 Å². The molecule has 2 nitrogen and oxygen atoms in total. The Labute approximate surface area is 93.9 Å². The van der Waals surface area contributed by atoms with E-state index in [9.17, 15) is 4.39 Å². The molecule has 2 rings (SSSR count). The first-order chi connectivity index (χ1) is 7.68. The van der Waals surface area contributed by atoms with Crippen LogP contribution in [0, 0.1) is 12.7 Å². The van der Waals surface area contributed by atoms with Gasteiger partial charge in [0.2, 0.25) is 0 Å². The molecule has 0 fully saturated rings. The first-order valence-electron chi connectivity index (χ1n) is 5.11. The molecule has 0 aliphatic heterocycles. The van der Waals surface area contributed by atoms with E-state index in [0.717, 1.165) is 16.8 Å². The van der Waals surface area contributed by atoms with Crippen molar-refractivity contribution in [3.63, 3.8) is 0 Å². The third kappa shape index (κ3) is 2.09. The smallest absolute Gasteiger partial charge is 0.123 e. The Bertz CT molecular complexity index is 480. The minimum atomic E-state index is -0.255. The predicted molar refractivity (Wildman–Crippen MR) is 61.4 cm³/mol. The van der Waals surface area contributed by atoms with E-state index >= 15 is 0 Å². The van der Waals surface area contributed by atoms with Gasteiger partial charge in [-0.2, -0.15) is 0 Å². The molecule has 0 saturated carbocycles. The Balaban J connectivity index is 2.35. The van der Waals surface area contributed by atoms with Gasteiger partial charge in [0.25, 0.3) is 0 Å². The van der Waals surface area contributed by atoms with Gasteiger partial charge in [0, 0.05) is 11.9 Å². The number of rotatable bonds is 2. The summed E-state index contributed by atoms with van der Waals surface area (Å²) in [5.41, 5.74) is 8.86. The Kier molecular flexibility index (Phi) is 2.97. The molecule has 16 heavy (non-hydrogen) atoms. The van der Waals surface area contributed by atoms with Crippen LogP contribution in [0.2, 0.25) is 0 Å². The van der Waals surface area contributed by atoms with E-state index in [4.69, 9.17) is 5.73 Å². The molecule has 1 heterocycles. The SMILES string of the molecule is Cc1ncccc1C(N)c1ccc(F)cc1. The summed E-state index contributed by atoms with van der Waals surface area (Å²) in [6, 6.07) is 9.78. The topological polar surface area (TPSA) is 38.9 Å². The summed E-state index contributed by atoms with van der Waals surface area (Å²) in [5, 5.41) is 0. The van der Waals surface area contributed by atoms with Crippen LogP contribution in [0.4, 0.5) is 4.39 Å². The van der Waals surface area contributed by atoms with Crippen molar-refractivity contribution in [2.45, 2.75) is 13.0 Å². The molecule has 0 amide bonds. The van der Waals surface area contributed by atoms with Crippen molar-refractivity contribution >= 4 is 0 Å². The Morgan fingerprint density at radius 1 is 1.19 bits per heavy atom. The zero-order valence-electron chi connectivity index (χ0n) is 9.02. The van der Waals surface area contributed by atoms with Crippen LogP contribution in [0.3, 0.4) is 0 Å². The second kappa shape index (κ2) is 4.41. The number of hydrogen-bond donors (Lipinski definition) is 1. The van der Waals surface area contributed by atoms with Gasteiger partial charge in [0.15, 0.2) is 0 Å². The molecule has 1 aromatic carbocycles. The minimum Gasteiger partial charge on any atom is -0.320 e. The number of nitrogens with zero attached hydrogens (tertiary/aromatic N) is 1. The van der Waals surface area contributed by atoms with E-state index < -0.39 is 0 Å². The summed E-state index contributed by atoms with van der Waals surface area (Å²) in [6.45, 7) is 1.92. The molecule has 0 aliphatic carbocycles. The van der Waals surface area contributed by atoms with Crippen LogP contribution in [0.5, 0.6) is 0 Å². The molecule has 0 radical (unpaired) electrons. The van der Waals surface area contributed by atoms with Gasteiger partial charge in [0.1, 0.15) is 5.82 Å². The van der Waals surface area contributed by atoms with Gasteiger partial charge in [-0.15, -0.1) is 0 Å². The number of pyridine rings is 1. The molecular formula is C13H13FN2. The van der Waals surface area contributed by atoms with E-state index in [1.165, 1.54) is 12.1 Å². The number of nitrogens with two attached hydrogens (primary N) is 1. The average molecular weight is 216 g/mol. The second-order valence-corrected chi connectivity index (χ2v) is 3.71. The lowest BCUT2D eigenvalue weighted by atomic mass is 9.99. The lowest BCUT2D eigenvalue weighted by molar-refractivity contribution is 0.626. The number of aryl methyl sites for hydroxylation is 1. The molecule has 0 bridgehead atoms. The molecule has 2 aromatic rings. The molecular weight excluding hydrogens is 203 g/mol. The first kappa shape index (κ1) is 10.8. The molecule has 0 saturated heterocycles. The highest BCUT2D eigenvalue weighted by Gasteiger charge is 2.11. The quantitative estimate of drug-likeness (QED) is 0.838. The van der Waals surface area contributed by atoms with Crippen molar-refractivity contribution in [1.29, 1.82) is 0 Å². The average Bonchev–Trinajstić information content (AvgIpc) is 2.30. The minimum absolute atomic E-state index is 0.251. The molecule has 1 atom stereocenters. The van der Waals surface area contributed by atoms with Crippen molar-refractivity contribution < 1.29 is 4.39 Å². The van der Waals surface area contributed by atoms with Crippen LogP contribution in [0.25, 0.3) is 0 Å². The Morgan fingerprint density at radius 3 is 2.50 bits per heavy atom. The fourth-order valence-electron chi connectivity index (χ4n) is 1.68. The van der Waals surface area contributed by atoms with Crippen LogP contribution in [0.1, 0.15) is 22.9 Å². The van der Waals surface area contributed by atoms with Gasteiger partial charge in [-0.25, -0.2) is 4.39 Å². The number of hydrogen-bond acceptors (Lipinski definition) is 2. The largest absolute Gasteiger partial charge is 0.320 e. The zero-order chi connectivity index (χ0) is 11.5. The molecule has 1 aromatic heterocycles. The number of aromatic nitrogens is 1. The fourth-order valence-corrected chi connectivity index (χ4v) is 1.68. The van der Waals surface area contributed by atoms with E-state index in [2.05, 4.69) is 4.98 Å². The van der Waals surface area contributed by atoms with Gasteiger partial charge >= 0.3 is 0 Å². The van der Waals surface area contributed by atoms with Gasteiger partial charge in [0.05, 0.1) is 6.04 Å². The van der Waals surface area contributed by atoms with Crippen molar-refractivity contribution in [3.8, 4) is 0 Å². The second-order valence-electron chi connectivity index (χ2n) is 3.71. The summed E-state index contributed by atoms with van der Waals surface area (Å²) in [4.78, 5) is 4.19. The van der Waals surface area contributed by atoms with Gasteiger partial charge < -0.3 is 5.73 Å². The maximum Gasteiger partial charge on any atom is 0.123 e. The molecule has 82 valence electrons. The molecule has 0 spiro atoms. The highest BCUT2D eigenvalue weighted by molar-refractivity contribution is 5.33. The summed E-state index contributed by atoms with van der Waals surface area (Å²) < 4.78 is 12.8. The summed E-state index contributed by atoms with van der Waals surface area (Å²) in [5.74, 6) is -0.251. The lowest BCUT2D eigenvalue weighted by Crippen LogP contribution is -2.13. The first-order valence-corrected chi connectivity index (χ1v) is 5.11. The summed E-state index contributed by atoms with van der Waals surface area (Å²) >= 11 is 0. The van der Waals surface area contributed by atoms with Crippen LogP contribution in [-0.2, 0) is 0 Å². The van der Waals surface area contributed by atoms with Crippen molar-refractivity contribution in [1.82, 2.24) is 4.98 Å². The maximum atomic E-state index is 12.8. The highest BCUT2D eigenvalue weighted by Crippen LogP contribution is 2.21. The summed E-state index contributed by atoms with van der Waals surface area (Å²) in [7, 11) is 0. The van der Waals surface area contributed by atoms with Crippen LogP contribution < -0.4 is 5.73 Å². The van der Waals surface area contributed by atoms with Crippen LogP contribution in [-0.4, -0.2) is 4.98 Å². The van der Waals surface area contributed by atoms with E-state index in [-0.39, 0.29) is 11.9 Å². The molecule has 2 N–H and O–H groups in total. The van der Waals surface area contributed by atoms with E-state index in [1.807, 2.05) is 19.1 Å². The highest BCUT2D eigenvalue weighted by atomic mass is 19.1. The fraction of sp³-hybridized carbons (Fsp3) is 0.154. The lowest BCUT2D eigenvalue weighted by Gasteiger charge is -2.14. The third-order valence-corrected chi connectivity index (χ3v) is 2.61. The van der Waals surface area contributed by atoms with Crippen molar-refractivity contribution in [2.75, 3.05) is 0 Å². The normalized spacial score (nSPS) is 12.4. The Hall–Kier alpha value is -1.74. The van der Waals surface area contributed by atoms with Crippen molar-refractivity contribution in [3.05, 3.63) is 65.2 Å². The van der Waals surface area contributed by atoms with Crippen LogP contribution in [0.15, 0.2) is 42.6 Å². The van der Waals surface area contributed by atoms with Gasteiger partial charge in [-0.05, 0) is 36.2 Å². The standard InChI is InChI=1S/C13H13FN2/c1-9-12(3-2-8-16-9)13(15)10-4-6-11(14)7-5-10/h2-8,13H,15H2,1H3. The monoisotopic (exact) mass is 216 g/mol. The van der Waals surface area contributed by atoms with E-state index in [0.29, 0.717) is 0 Å². The molecule has 1 unspecified atom stereocenters. The molecule has 3 heteroatoms. The Morgan fingerprint density at radius 2 is 1.88 bits per heavy atom. The predicted octanol–water partition coefficient (Wildman–Crippen LogP) is 2.58. The summed E-state index contributed by atoms with van der Waals surface area (Å²) in [6.07, 6.45) is 1.73. The van der Waals surface area contributed by atoms with Gasteiger partial charge in [-0.3, -0.25) is 4.98 Å². The third-order valence-electron chi connectivity index (χ3n) is 2.61. The number of benzene rings is 1. The maximum absolute atomic E-state index is 12.8. The van der Waals surface area contributed by atoms with E-state index in [1.54, 1.807) is 18.3 Å². The van der Waals surface area contributed by atoms with Crippen LogP contribution >= 0.6 is 0 Å². The van der Waals surface area contributed by atoms with Crippen molar-refractivity contribution in [2.24, 2.45) is 5.73 Å². The number of halogens is 1. The zero-order valence-corrected chi connectivity index (χ0v) is 9.02.